The molecule has 0 unspecified atom stereocenters. The summed E-state index contributed by atoms with van der Waals surface area (Å²) in [6.07, 6.45) is 5.05. The van der Waals surface area contributed by atoms with Crippen LogP contribution in [-0.4, -0.2) is 56.4 Å². The Morgan fingerprint density at radius 2 is 1.97 bits per heavy atom. The number of carbonyl (C=O) groups excluding carboxylic acids is 2. The maximum absolute atomic E-state index is 12.9. The van der Waals surface area contributed by atoms with Crippen LogP contribution in [0.25, 0.3) is 5.82 Å². The lowest BCUT2D eigenvalue weighted by atomic mass is 10.0. The second kappa shape index (κ2) is 8.63. The molecule has 0 aliphatic carbocycles. The van der Waals surface area contributed by atoms with Crippen LogP contribution in [0.4, 0.5) is 4.79 Å². The highest BCUT2D eigenvalue weighted by Crippen LogP contribution is 2.18. The number of pyridine rings is 1. The van der Waals surface area contributed by atoms with E-state index in [4.69, 9.17) is 4.74 Å². The number of nitrogens with zero attached hydrogens (tertiary/aromatic N) is 4. The Balaban J connectivity index is 1.61. The van der Waals surface area contributed by atoms with Gasteiger partial charge in [0.1, 0.15) is 5.60 Å². The molecule has 29 heavy (non-hydrogen) atoms. The minimum Gasteiger partial charge on any atom is -0.444 e. The summed E-state index contributed by atoms with van der Waals surface area (Å²) in [5.41, 5.74) is 0.882. The number of carbonyl (C=O) groups is 2. The third-order valence-corrected chi connectivity index (χ3v) is 4.80. The van der Waals surface area contributed by atoms with Crippen molar-refractivity contribution >= 4 is 12.0 Å². The van der Waals surface area contributed by atoms with E-state index in [2.05, 4.69) is 15.4 Å². The fraction of sp³-hybridized carbons (Fsp3) is 0.524. The SMILES string of the molecule is CCc1c(C(=O)NC2CCN(C(=O)OC(C)(C)C)CC2)cnn1-c1ccccn1. The number of rotatable bonds is 4. The predicted octanol–water partition coefficient (Wildman–Crippen LogP) is 2.96. The number of likely N-dealkylation sites (tertiary alicyclic amines) is 1. The van der Waals surface area contributed by atoms with Gasteiger partial charge in [-0.2, -0.15) is 5.10 Å². The van der Waals surface area contributed by atoms with Gasteiger partial charge in [-0.05, 0) is 52.2 Å². The zero-order chi connectivity index (χ0) is 21.0. The third-order valence-electron chi connectivity index (χ3n) is 4.80. The number of nitrogens with one attached hydrogen (secondary N) is 1. The normalized spacial score (nSPS) is 15.2. The van der Waals surface area contributed by atoms with E-state index in [-0.39, 0.29) is 18.0 Å². The van der Waals surface area contributed by atoms with Crippen molar-refractivity contribution in [3.8, 4) is 5.82 Å². The quantitative estimate of drug-likeness (QED) is 0.854. The number of aromatic nitrogens is 3. The Hall–Kier alpha value is -2.90. The zero-order valence-electron chi connectivity index (χ0n) is 17.5. The van der Waals surface area contributed by atoms with E-state index in [9.17, 15) is 9.59 Å². The Bertz CT molecular complexity index is 849. The van der Waals surface area contributed by atoms with Crippen molar-refractivity contribution in [3.05, 3.63) is 41.9 Å². The van der Waals surface area contributed by atoms with Crippen LogP contribution in [-0.2, 0) is 11.2 Å². The molecule has 1 N–H and O–H groups in total. The molecule has 1 aliphatic rings. The van der Waals surface area contributed by atoms with Gasteiger partial charge in [0.05, 0.1) is 17.5 Å². The van der Waals surface area contributed by atoms with Gasteiger partial charge in [0.15, 0.2) is 5.82 Å². The molecule has 0 atom stereocenters. The van der Waals surface area contributed by atoms with Crippen molar-refractivity contribution in [3.63, 3.8) is 0 Å². The van der Waals surface area contributed by atoms with Crippen molar-refractivity contribution in [1.82, 2.24) is 25.0 Å². The average Bonchev–Trinajstić information content (AvgIpc) is 3.12. The molecular formula is C21H29N5O3. The summed E-state index contributed by atoms with van der Waals surface area (Å²) < 4.78 is 7.13. The average molecular weight is 399 g/mol. The molecule has 3 rings (SSSR count). The number of hydrogen-bond donors (Lipinski definition) is 1. The van der Waals surface area contributed by atoms with E-state index >= 15 is 0 Å². The predicted molar refractivity (Wildman–Crippen MR) is 109 cm³/mol. The number of amides is 2. The van der Waals surface area contributed by atoms with Crippen molar-refractivity contribution in [1.29, 1.82) is 0 Å². The largest absolute Gasteiger partial charge is 0.444 e. The summed E-state index contributed by atoms with van der Waals surface area (Å²) in [5, 5.41) is 7.46. The molecule has 3 heterocycles. The van der Waals surface area contributed by atoms with Crippen LogP contribution < -0.4 is 5.32 Å². The molecule has 0 bridgehead atoms. The second-order valence-corrected chi connectivity index (χ2v) is 8.17. The molecule has 2 amide bonds. The smallest absolute Gasteiger partial charge is 0.410 e. The topological polar surface area (TPSA) is 89.4 Å². The fourth-order valence-corrected chi connectivity index (χ4v) is 3.38. The molecule has 0 saturated carbocycles. The summed E-state index contributed by atoms with van der Waals surface area (Å²) >= 11 is 0. The molecule has 1 saturated heterocycles. The van der Waals surface area contributed by atoms with Crippen LogP contribution in [0, 0.1) is 0 Å². The van der Waals surface area contributed by atoms with Gasteiger partial charge in [-0.1, -0.05) is 13.0 Å². The number of ether oxygens (including phenoxy) is 1. The maximum Gasteiger partial charge on any atom is 0.410 e. The first-order valence-electron chi connectivity index (χ1n) is 10.1. The van der Waals surface area contributed by atoms with Gasteiger partial charge in [0, 0.05) is 25.3 Å². The van der Waals surface area contributed by atoms with Crippen LogP contribution in [0.2, 0.25) is 0 Å². The molecule has 2 aromatic rings. The van der Waals surface area contributed by atoms with Crippen molar-refractivity contribution < 1.29 is 14.3 Å². The lowest BCUT2D eigenvalue weighted by molar-refractivity contribution is 0.0199. The highest BCUT2D eigenvalue weighted by molar-refractivity contribution is 5.95. The first-order valence-corrected chi connectivity index (χ1v) is 10.1. The molecule has 0 spiro atoms. The minimum atomic E-state index is -0.507. The van der Waals surface area contributed by atoms with Gasteiger partial charge in [-0.25, -0.2) is 14.5 Å². The first-order chi connectivity index (χ1) is 13.8. The lowest BCUT2D eigenvalue weighted by Crippen LogP contribution is -2.47. The number of hydrogen-bond acceptors (Lipinski definition) is 5. The van der Waals surface area contributed by atoms with Gasteiger partial charge in [0.25, 0.3) is 5.91 Å². The van der Waals surface area contributed by atoms with Gasteiger partial charge in [-0.15, -0.1) is 0 Å². The summed E-state index contributed by atoms with van der Waals surface area (Å²) in [7, 11) is 0. The standard InChI is InChI=1S/C21H29N5O3/c1-5-17-16(14-23-26(17)18-8-6-7-11-22-18)19(27)24-15-9-12-25(13-10-15)20(28)29-21(2,3)4/h6-8,11,14-15H,5,9-10,12-13H2,1-4H3,(H,24,27). The molecule has 1 aliphatic heterocycles. The second-order valence-electron chi connectivity index (χ2n) is 8.17. The van der Waals surface area contributed by atoms with E-state index in [0.29, 0.717) is 43.7 Å². The van der Waals surface area contributed by atoms with Crippen LogP contribution in [0.3, 0.4) is 0 Å². The lowest BCUT2D eigenvalue weighted by Gasteiger charge is -2.33. The van der Waals surface area contributed by atoms with E-state index in [1.165, 1.54) is 0 Å². The van der Waals surface area contributed by atoms with Crippen molar-refractivity contribution in [2.45, 2.75) is 58.6 Å². The molecule has 8 nitrogen and oxygen atoms in total. The van der Waals surface area contributed by atoms with Crippen molar-refractivity contribution in [2.75, 3.05) is 13.1 Å². The molecule has 8 heteroatoms. The van der Waals surface area contributed by atoms with E-state index in [1.54, 1.807) is 22.0 Å². The maximum atomic E-state index is 12.9. The molecule has 0 aromatic carbocycles. The van der Waals surface area contributed by atoms with Crippen LogP contribution >= 0.6 is 0 Å². The minimum absolute atomic E-state index is 0.0177. The highest BCUT2D eigenvalue weighted by atomic mass is 16.6. The summed E-state index contributed by atoms with van der Waals surface area (Å²) in [6, 6.07) is 5.61. The molecule has 156 valence electrons. The summed E-state index contributed by atoms with van der Waals surface area (Å²) in [6.45, 7) is 8.69. The van der Waals surface area contributed by atoms with Crippen LogP contribution in [0.1, 0.15) is 56.6 Å². The van der Waals surface area contributed by atoms with E-state index in [0.717, 1.165) is 5.69 Å². The first kappa shape index (κ1) is 20.8. The van der Waals surface area contributed by atoms with Crippen LogP contribution in [0.15, 0.2) is 30.6 Å². The van der Waals surface area contributed by atoms with Crippen LogP contribution in [0.5, 0.6) is 0 Å². The monoisotopic (exact) mass is 399 g/mol. The third kappa shape index (κ3) is 5.13. The van der Waals surface area contributed by atoms with Gasteiger partial charge >= 0.3 is 6.09 Å². The summed E-state index contributed by atoms with van der Waals surface area (Å²) in [4.78, 5) is 31.0. The Kier molecular flexibility index (Phi) is 6.20. The Morgan fingerprint density at radius 1 is 1.24 bits per heavy atom. The zero-order valence-corrected chi connectivity index (χ0v) is 17.5. The highest BCUT2D eigenvalue weighted by Gasteiger charge is 2.28. The molecule has 0 radical (unpaired) electrons. The van der Waals surface area contributed by atoms with Gasteiger partial charge in [0.2, 0.25) is 0 Å². The van der Waals surface area contributed by atoms with Gasteiger partial charge in [-0.3, -0.25) is 4.79 Å². The van der Waals surface area contributed by atoms with Crippen molar-refractivity contribution in [2.24, 2.45) is 0 Å². The van der Waals surface area contributed by atoms with Gasteiger partial charge < -0.3 is 15.0 Å². The Morgan fingerprint density at radius 3 is 2.55 bits per heavy atom. The Labute approximate surface area is 171 Å². The van der Waals surface area contributed by atoms with E-state index < -0.39 is 5.60 Å². The summed E-state index contributed by atoms with van der Waals surface area (Å²) in [5.74, 6) is 0.550. The molecular weight excluding hydrogens is 370 g/mol. The molecule has 2 aromatic heterocycles. The fourth-order valence-electron chi connectivity index (χ4n) is 3.38. The number of piperidine rings is 1. The molecule has 1 fully saturated rings. The van der Waals surface area contributed by atoms with E-state index in [1.807, 2.05) is 45.9 Å².